The standard InChI is InChI=1S/C14H17N5O/c1-11-16-3-2-13(18-11)14-10-19(6-7-20-14)9-12-8-15-4-5-17-12/h2-5,8,14H,6-7,9-10H2,1H3/t14-/m0/s1. The normalized spacial score (nSPS) is 19.9. The molecule has 1 fully saturated rings. The first kappa shape index (κ1) is 13.1. The molecule has 1 aliphatic rings. The first-order valence-electron chi connectivity index (χ1n) is 6.69. The van der Waals surface area contributed by atoms with Crippen molar-refractivity contribution >= 4 is 0 Å². The zero-order valence-corrected chi connectivity index (χ0v) is 11.4. The molecular formula is C14H17N5O. The smallest absolute Gasteiger partial charge is 0.125 e. The Balaban J connectivity index is 1.67. The van der Waals surface area contributed by atoms with Crippen LogP contribution in [0.4, 0.5) is 0 Å². The minimum Gasteiger partial charge on any atom is -0.369 e. The molecule has 0 radical (unpaired) electrons. The molecule has 3 heterocycles. The Morgan fingerprint density at radius 3 is 3.05 bits per heavy atom. The van der Waals surface area contributed by atoms with Crippen LogP contribution in [-0.2, 0) is 11.3 Å². The Morgan fingerprint density at radius 1 is 1.30 bits per heavy atom. The van der Waals surface area contributed by atoms with E-state index < -0.39 is 0 Å². The van der Waals surface area contributed by atoms with Gasteiger partial charge in [0.05, 0.1) is 18.0 Å². The van der Waals surface area contributed by atoms with Crippen molar-refractivity contribution in [2.75, 3.05) is 19.7 Å². The topological polar surface area (TPSA) is 64.0 Å². The lowest BCUT2D eigenvalue weighted by Crippen LogP contribution is -2.38. The molecule has 0 saturated carbocycles. The quantitative estimate of drug-likeness (QED) is 0.834. The molecule has 1 saturated heterocycles. The van der Waals surface area contributed by atoms with Gasteiger partial charge >= 0.3 is 0 Å². The van der Waals surface area contributed by atoms with Crippen LogP contribution in [-0.4, -0.2) is 44.5 Å². The molecule has 20 heavy (non-hydrogen) atoms. The predicted molar refractivity (Wildman–Crippen MR) is 72.8 cm³/mol. The lowest BCUT2D eigenvalue weighted by atomic mass is 10.2. The van der Waals surface area contributed by atoms with Crippen molar-refractivity contribution in [3.05, 3.63) is 48.1 Å². The third-order valence-corrected chi connectivity index (χ3v) is 3.28. The Bertz CT molecular complexity index is 563. The van der Waals surface area contributed by atoms with Gasteiger partial charge in [-0.1, -0.05) is 0 Å². The molecule has 6 nitrogen and oxygen atoms in total. The summed E-state index contributed by atoms with van der Waals surface area (Å²) in [5, 5.41) is 0. The van der Waals surface area contributed by atoms with Gasteiger partial charge in [-0.05, 0) is 13.0 Å². The molecule has 3 rings (SSSR count). The molecule has 104 valence electrons. The summed E-state index contributed by atoms with van der Waals surface area (Å²) >= 11 is 0. The summed E-state index contributed by atoms with van der Waals surface area (Å²) in [5.41, 5.74) is 1.92. The van der Waals surface area contributed by atoms with Gasteiger partial charge in [-0.15, -0.1) is 0 Å². The van der Waals surface area contributed by atoms with Gasteiger partial charge in [0.2, 0.25) is 0 Å². The SMILES string of the molecule is Cc1nccc([C@@H]2CN(Cc3cnccn3)CCO2)n1. The van der Waals surface area contributed by atoms with Crippen LogP contribution in [0.2, 0.25) is 0 Å². The van der Waals surface area contributed by atoms with Crippen LogP contribution >= 0.6 is 0 Å². The highest BCUT2D eigenvalue weighted by molar-refractivity contribution is 5.07. The summed E-state index contributed by atoms with van der Waals surface area (Å²) in [4.78, 5) is 19.3. The Morgan fingerprint density at radius 2 is 2.25 bits per heavy atom. The molecular weight excluding hydrogens is 254 g/mol. The first-order chi connectivity index (χ1) is 9.81. The van der Waals surface area contributed by atoms with Crippen LogP contribution in [0.3, 0.4) is 0 Å². The molecule has 0 unspecified atom stereocenters. The summed E-state index contributed by atoms with van der Waals surface area (Å²) in [7, 11) is 0. The van der Waals surface area contributed by atoms with Gasteiger partial charge in [-0.2, -0.15) is 0 Å². The van der Waals surface area contributed by atoms with Gasteiger partial charge in [0, 0.05) is 44.4 Å². The maximum absolute atomic E-state index is 5.82. The van der Waals surface area contributed by atoms with E-state index in [1.54, 1.807) is 24.8 Å². The number of morpholine rings is 1. The molecule has 0 bridgehead atoms. The van der Waals surface area contributed by atoms with Crippen LogP contribution in [0.15, 0.2) is 30.9 Å². The molecule has 0 amide bonds. The number of aromatic nitrogens is 4. The van der Waals surface area contributed by atoms with Gasteiger partial charge in [0.15, 0.2) is 0 Å². The van der Waals surface area contributed by atoms with Crippen molar-refractivity contribution in [3.63, 3.8) is 0 Å². The first-order valence-corrected chi connectivity index (χ1v) is 6.69. The second-order valence-electron chi connectivity index (χ2n) is 4.82. The summed E-state index contributed by atoms with van der Waals surface area (Å²) in [6, 6.07) is 1.92. The van der Waals surface area contributed by atoms with E-state index in [4.69, 9.17) is 4.74 Å². The van der Waals surface area contributed by atoms with E-state index in [0.29, 0.717) is 6.61 Å². The Hall–Kier alpha value is -1.92. The van der Waals surface area contributed by atoms with Gasteiger partial charge in [0.1, 0.15) is 11.9 Å². The fourth-order valence-electron chi connectivity index (χ4n) is 2.32. The summed E-state index contributed by atoms with van der Waals surface area (Å²) < 4.78 is 5.82. The van der Waals surface area contributed by atoms with Crippen LogP contribution in [0.25, 0.3) is 0 Å². The highest BCUT2D eigenvalue weighted by atomic mass is 16.5. The zero-order valence-electron chi connectivity index (χ0n) is 11.4. The largest absolute Gasteiger partial charge is 0.369 e. The maximum atomic E-state index is 5.82. The van der Waals surface area contributed by atoms with Gasteiger partial charge in [0.25, 0.3) is 0 Å². The van der Waals surface area contributed by atoms with Crippen LogP contribution < -0.4 is 0 Å². The molecule has 1 aliphatic heterocycles. The van der Waals surface area contributed by atoms with E-state index in [-0.39, 0.29) is 6.10 Å². The molecule has 2 aromatic heterocycles. The number of hydrogen-bond acceptors (Lipinski definition) is 6. The molecule has 0 aromatic carbocycles. The second-order valence-corrected chi connectivity index (χ2v) is 4.82. The summed E-state index contributed by atoms with van der Waals surface area (Å²) in [6.45, 7) is 5.10. The highest BCUT2D eigenvalue weighted by Gasteiger charge is 2.23. The highest BCUT2D eigenvalue weighted by Crippen LogP contribution is 2.21. The number of aryl methyl sites for hydroxylation is 1. The Labute approximate surface area is 117 Å². The number of hydrogen-bond donors (Lipinski definition) is 0. The summed E-state index contributed by atoms with van der Waals surface area (Å²) in [6.07, 6.45) is 7.00. The van der Waals surface area contributed by atoms with E-state index in [1.165, 1.54) is 0 Å². The fourth-order valence-corrected chi connectivity index (χ4v) is 2.32. The average molecular weight is 271 g/mol. The zero-order chi connectivity index (χ0) is 13.8. The van der Waals surface area contributed by atoms with Crippen molar-refractivity contribution < 1.29 is 4.74 Å². The van der Waals surface area contributed by atoms with E-state index in [9.17, 15) is 0 Å². The summed E-state index contributed by atoms with van der Waals surface area (Å²) in [5.74, 6) is 0.775. The fraction of sp³-hybridized carbons (Fsp3) is 0.429. The molecule has 0 spiro atoms. The third-order valence-electron chi connectivity index (χ3n) is 3.28. The van der Waals surface area contributed by atoms with Crippen molar-refractivity contribution in [2.24, 2.45) is 0 Å². The number of ether oxygens (including phenoxy) is 1. The lowest BCUT2D eigenvalue weighted by molar-refractivity contribution is -0.0355. The number of nitrogens with zero attached hydrogens (tertiary/aromatic N) is 5. The molecule has 1 atom stereocenters. The van der Waals surface area contributed by atoms with Crippen molar-refractivity contribution in [1.29, 1.82) is 0 Å². The predicted octanol–water partition coefficient (Wildman–Crippen LogP) is 1.15. The van der Waals surface area contributed by atoms with Gasteiger partial charge < -0.3 is 4.74 Å². The van der Waals surface area contributed by atoms with Gasteiger partial charge in [-0.3, -0.25) is 14.9 Å². The van der Waals surface area contributed by atoms with E-state index in [1.807, 2.05) is 13.0 Å². The third kappa shape index (κ3) is 3.15. The van der Waals surface area contributed by atoms with E-state index in [0.717, 1.165) is 36.8 Å². The minimum atomic E-state index is 0.00196. The van der Waals surface area contributed by atoms with Crippen molar-refractivity contribution in [1.82, 2.24) is 24.8 Å². The molecule has 2 aromatic rings. The minimum absolute atomic E-state index is 0.00196. The van der Waals surface area contributed by atoms with E-state index >= 15 is 0 Å². The lowest BCUT2D eigenvalue weighted by Gasteiger charge is -2.32. The Kier molecular flexibility index (Phi) is 3.94. The van der Waals surface area contributed by atoms with Crippen molar-refractivity contribution in [3.8, 4) is 0 Å². The second kappa shape index (κ2) is 6.02. The molecule has 0 aliphatic carbocycles. The number of rotatable bonds is 3. The van der Waals surface area contributed by atoms with Crippen LogP contribution in [0.1, 0.15) is 23.3 Å². The van der Waals surface area contributed by atoms with Crippen molar-refractivity contribution in [2.45, 2.75) is 19.6 Å². The molecule has 6 heteroatoms. The van der Waals surface area contributed by atoms with E-state index in [2.05, 4.69) is 24.8 Å². The average Bonchev–Trinajstić information content (AvgIpc) is 2.49. The van der Waals surface area contributed by atoms with Gasteiger partial charge in [-0.25, -0.2) is 9.97 Å². The molecule has 0 N–H and O–H groups in total. The maximum Gasteiger partial charge on any atom is 0.125 e. The monoisotopic (exact) mass is 271 g/mol. The van der Waals surface area contributed by atoms with Crippen LogP contribution in [0, 0.1) is 6.92 Å². The van der Waals surface area contributed by atoms with Crippen LogP contribution in [0.5, 0.6) is 0 Å².